The van der Waals surface area contributed by atoms with Crippen LogP contribution < -0.4 is 5.32 Å². The average Bonchev–Trinajstić information content (AvgIpc) is 2.73. The molecule has 0 aliphatic carbocycles. The zero-order valence-corrected chi connectivity index (χ0v) is 11.5. The Bertz CT molecular complexity index is 470. The Balaban J connectivity index is 1.95. The van der Waals surface area contributed by atoms with Crippen molar-refractivity contribution in [3.8, 4) is 0 Å². The molecule has 2 aromatic rings. The van der Waals surface area contributed by atoms with Gasteiger partial charge in [-0.3, -0.25) is 0 Å². The van der Waals surface area contributed by atoms with Crippen molar-refractivity contribution in [1.82, 2.24) is 5.32 Å². The van der Waals surface area contributed by atoms with Crippen LogP contribution >= 0.6 is 11.3 Å². The van der Waals surface area contributed by atoms with Gasteiger partial charge in [-0.2, -0.15) is 0 Å². The molecule has 0 fully saturated rings. The normalized spacial score (nSPS) is 12.6. The zero-order valence-electron chi connectivity index (χ0n) is 10.7. The molecule has 1 aromatic heterocycles. The summed E-state index contributed by atoms with van der Waals surface area (Å²) in [5, 5.41) is 5.73. The van der Waals surface area contributed by atoms with Gasteiger partial charge in [0, 0.05) is 17.5 Å². The van der Waals surface area contributed by atoms with E-state index < -0.39 is 0 Å². The summed E-state index contributed by atoms with van der Waals surface area (Å²) in [7, 11) is 0. The molecule has 0 saturated carbocycles. The fraction of sp³-hybridized carbons (Fsp3) is 0.333. The number of thiophene rings is 1. The molecule has 0 aliphatic heterocycles. The van der Waals surface area contributed by atoms with E-state index >= 15 is 0 Å². The first-order valence-corrected chi connectivity index (χ1v) is 6.87. The monoisotopic (exact) mass is 245 g/mol. The summed E-state index contributed by atoms with van der Waals surface area (Å²) >= 11 is 1.83. The summed E-state index contributed by atoms with van der Waals surface area (Å²) in [6.07, 6.45) is 0. The summed E-state index contributed by atoms with van der Waals surface area (Å²) in [6, 6.07) is 11.3. The first-order chi connectivity index (χ1) is 8.16. The van der Waals surface area contributed by atoms with Crippen LogP contribution in [0.25, 0.3) is 0 Å². The highest BCUT2D eigenvalue weighted by Gasteiger charge is 2.06. The lowest BCUT2D eigenvalue weighted by atomic mass is 10.1. The van der Waals surface area contributed by atoms with Gasteiger partial charge in [0.25, 0.3) is 0 Å². The van der Waals surface area contributed by atoms with E-state index in [1.807, 2.05) is 11.3 Å². The lowest BCUT2D eigenvalue weighted by Crippen LogP contribution is -2.17. The van der Waals surface area contributed by atoms with Gasteiger partial charge < -0.3 is 5.32 Å². The molecule has 90 valence electrons. The van der Waals surface area contributed by atoms with Crippen molar-refractivity contribution < 1.29 is 0 Å². The molecule has 0 spiro atoms. The predicted octanol–water partition coefficient (Wildman–Crippen LogP) is 4.22. The molecule has 2 heteroatoms. The molecule has 0 bridgehead atoms. The molecule has 0 unspecified atom stereocenters. The molecule has 2 rings (SSSR count). The summed E-state index contributed by atoms with van der Waals surface area (Å²) in [5.74, 6) is 0. The van der Waals surface area contributed by atoms with Gasteiger partial charge in [0.15, 0.2) is 0 Å². The maximum absolute atomic E-state index is 3.57. The fourth-order valence-corrected chi connectivity index (χ4v) is 2.66. The van der Waals surface area contributed by atoms with Crippen molar-refractivity contribution in [2.45, 2.75) is 33.4 Å². The number of rotatable bonds is 4. The molecule has 0 aliphatic rings. The van der Waals surface area contributed by atoms with Crippen molar-refractivity contribution >= 4 is 11.3 Å². The summed E-state index contributed by atoms with van der Waals surface area (Å²) in [4.78, 5) is 1.43. The Hall–Kier alpha value is -1.12. The highest BCUT2D eigenvalue weighted by Crippen LogP contribution is 2.18. The molecule has 1 aromatic carbocycles. The van der Waals surface area contributed by atoms with E-state index in [4.69, 9.17) is 0 Å². The third kappa shape index (κ3) is 3.18. The molecule has 1 nitrogen and oxygen atoms in total. The first kappa shape index (κ1) is 12.3. The molecule has 0 amide bonds. The van der Waals surface area contributed by atoms with E-state index in [9.17, 15) is 0 Å². The van der Waals surface area contributed by atoms with E-state index in [-0.39, 0.29) is 0 Å². The third-order valence-electron chi connectivity index (χ3n) is 3.11. The minimum atomic E-state index is 0.400. The van der Waals surface area contributed by atoms with Crippen molar-refractivity contribution in [1.29, 1.82) is 0 Å². The van der Waals surface area contributed by atoms with E-state index in [0.29, 0.717) is 6.04 Å². The van der Waals surface area contributed by atoms with E-state index in [1.165, 1.54) is 21.6 Å². The van der Waals surface area contributed by atoms with E-state index in [1.54, 1.807) is 0 Å². The predicted molar refractivity (Wildman–Crippen MR) is 75.5 cm³/mol. The van der Waals surface area contributed by atoms with Gasteiger partial charge in [-0.1, -0.05) is 29.8 Å². The van der Waals surface area contributed by atoms with Gasteiger partial charge in [0.05, 0.1) is 0 Å². The van der Waals surface area contributed by atoms with Crippen LogP contribution in [0.5, 0.6) is 0 Å². The molecule has 0 saturated heterocycles. The Labute approximate surface area is 108 Å². The van der Waals surface area contributed by atoms with Crippen LogP contribution in [0.2, 0.25) is 0 Å². The molecule has 1 N–H and O–H groups in total. The minimum absolute atomic E-state index is 0.400. The fourth-order valence-electron chi connectivity index (χ4n) is 1.80. The minimum Gasteiger partial charge on any atom is -0.305 e. The highest BCUT2D eigenvalue weighted by molar-refractivity contribution is 7.10. The summed E-state index contributed by atoms with van der Waals surface area (Å²) in [6.45, 7) is 7.47. The number of nitrogens with one attached hydrogen (secondary N) is 1. The lowest BCUT2D eigenvalue weighted by Gasteiger charge is -2.14. The summed E-state index contributed by atoms with van der Waals surface area (Å²) < 4.78 is 0. The Morgan fingerprint density at radius 2 is 1.82 bits per heavy atom. The maximum atomic E-state index is 3.57. The lowest BCUT2D eigenvalue weighted by molar-refractivity contribution is 0.578. The van der Waals surface area contributed by atoms with Gasteiger partial charge in [-0.25, -0.2) is 0 Å². The van der Waals surface area contributed by atoms with Crippen LogP contribution in [-0.2, 0) is 6.54 Å². The zero-order chi connectivity index (χ0) is 12.3. The maximum Gasteiger partial charge on any atom is 0.0308 e. The van der Waals surface area contributed by atoms with Gasteiger partial charge in [-0.05, 0) is 43.3 Å². The van der Waals surface area contributed by atoms with Gasteiger partial charge in [0.2, 0.25) is 0 Å². The highest BCUT2D eigenvalue weighted by atomic mass is 32.1. The van der Waals surface area contributed by atoms with Crippen LogP contribution in [0.3, 0.4) is 0 Å². The van der Waals surface area contributed by atoms with Crippen LogP contribution in [0.15, 0.2) is 35.7 Å². The molecular weight excluding hydrogens is 226 g/mol. The SMILES string of the molecule is Cc1ccc([C@@H](C)NCc2sccc2C)cc1. The quantitative estimate of drug-likeness (QED) is 0.850. The van der Waals surface area contributed by atoms with Gasteiger partial charge in [-0.15, -0.1) is 11.3 Å². The van der Waals surface area contributed by atoms with Gasteiger partial charge >= 0.3 is 0 Å². The van der Waals surface area contributed by atoms with Crippen LogP contribution in [0, 0.1) is 13.8 Å². The van der Waals surface area contributed by atoms with Crippen LogP contribution in [0.4, 0.5) is 0 Å². The number of hydrogen-bond donors (Lipinski definition) is 1. The Morgan fingerprint density at radius 3 is 2.41 bits per heavy atom. The molecular formula is C15H19NS. The molecule has 1 atom stereocenters. The Kier molecular flexibility index (Phi) is 3.97. The van der Waals surface area contributed by atoms with E-state index in [0.717, 1.165) is 6.54 Å². The summed E-state index contributed by atoms with van der Waals surface area (Å²) in [5.41, 5.74) is 4.05. The second-order valence-electron chi connectivity index (χ2n) is 4.54. The molecule has 1 heterocycles. The second kappa shape index (κ2) is 5.48. The molecule has 17 heavy (non-hydrogen) atoms. The Morgan fingerprint density at radius 1 is 1.12 bits per heavy atom. The first-order valence-electron chi connectivity index (χ1n) is 6.00. The third-order valence-corrected chi connectivity index (χ3v) is 4.14. The second-order valence-corrected chi connectivity index (χ2v) is 5.54. The average molecular weight is 245 g/mol. The van der Waals surface area contributed by atoms with E-state index in [2.05, 4.69) is 61.8 Å². The standard InChI is InChI=1S/C15H19NS/c1-11-4-6-14(7-5-11)13(3)16-10-15-12(2)8-9-17-15/h4-9,13,16H,10H2,1-3H3/t13-/m1/s1. The van der Waals surface area contributed by atoms with Crippen molar-refractivity contribution in [2.75, 3.05) is 0 Å². The number of benzene rings is 1. The number of hydrogen-bond acceptors (Lipinski definition) is 2. The van der Waals surface area contributed by atoms with Crippen LogP contribution in [-0.4, -0.2) is 0 Å². The van der Waals surface area contributed by atoms with Crippen LogP contribution in [0.1, 0.15) is 34.5 Å². The number of aryl methyl sites for hydroxylation is 2. The van der Waals surface area contributed by atoms with Crippen molar-refractivity contribution in [3.63, 3.8) is 0 Å². The largest absolute Gasteiger partial charge is 0.305 e. The van der Waals surface area contributed by atoms with Crippen molar-refractivity contribution in [2.24, 2.45) is 0 Å². The van der Waals surface area contributed by atoms with Gasteiger partial charge in [0.1, 0.15) is 0 Å². The van der Waals surface area contributed by atoms with Crippen molar-refractivity contribution in [3.05, 3.63) is 57.3 Å². The topological polar surface area (TPSA) is 12.0 Å². The smallest absolute Gasteiger partial charge is 0.0308 e. The molecule has 0 radical (unpaired) electrons.